The van der Waals surface area contributed by atoms with E-state index in [1.54, 1.807) is 11.8 Å². The van der Waals surface area contributed by atoms with Gasteiger partial charge in [0, 0.05) is 30.1 Å². The van der Waals surface area contributed by atoms with Crippen LogP contribution in [0.25, 0.3) is 0 Å². The summed E-state index contributed by atoms with van der Waals surface area (Å²) in [4.78, 5) is 28.3. The zero-order chi connectivity index (χ0) is 18.5. The minimum absolute atomic E-state index is 0.0340. The smallest absolute Gasteiger partial charge is 0.254 e. The predicted octanol–water partition coefficient (Wildman–Crippen LogP) is 2.44. The molecule has 0 saturated carbocycles. The SMILES string of the molecule is CSc1ccc(C)c(C(=O)N2CCCC(CNC(=O)C3CCCN3)C2)c1. The zero-order valence-electron chi connectivity index (χ0n) is 15.7. The van der Waals surface area contributed by atoms with Crippen LogP contribution in [0.5, 0.6) is 0 Å². The molecule has 2 fully saturated rings. The van der Waals surface area contributed by atoms with Crippen molar-refractivity contribution in [3.8, 4) is 0 Å². The molecule has 2 aliphatic rings. The Morgan fingerprint density at radius 3 is 2.88 bits per heavy atom. The summed E-state index contributed by atoms with van der Waals surface area (Å²) in [5.41, 5.74) is 1.83. The fourth-order valence-electron chi connectivity index (χ4n) is 3.82. The summed E-state index contributed by atoms with van der Waals surface area (Å²) >= 11 is 1.66. The summed E-state index contributed by atoms with van der Waals surface area (Å²) < 4.78 is 0. The lowest BCUT2D eigenvalue weighted by atomic mass is 9.96. The van der Waals surface area contributed by atoms with Crippen LogP contribution < -0.4 is 10.6 Å². The van der Waals surface area contributed by atoms with E-state index in [-0.39, 0.29) is 17.9 Å². The van der Waals surface area contributed by atoms with E-state index in [9.17, 15) is 9.59 Å². The average molecular weight is 376 g/mol. The molecule has 2 atom stereocenters. The number of nitrogens with zero attached hydrogens (tertiary/aromatic N) is 1. The quantitative estimate of drug-likeness (QED) is 0.776. The van der Waals surface area contributed by atoms with Crippen molar-refractivity contribution in [2.75, 3.05) is 32.4 Å². The van der Waals surface area contributed by atoms with Crippen LogP contribution in [0.3, 0.4) is 0 Å². The Kier molecular flexibility index (Phi) is 6.59. The van der Waals surface area contributed by atoms with Crippen molar-refractivity contribution in [1.29, 1.82) is 0 Å². The molecular formula is C20H29N3O2S. The second kappa shape index (κ2) is 8.91. The third kappa shape index (κ3) is 4.60. The van der Waals surface area contributed by atoms with Crippen LogP contribution in [0.15, 0.2) is 23.1 Å². The summed E-state index contributed by atoms with van der Waals surface area (Å²) in [7, 11) is 0. The Hall–Kier alpha value is -1.53. The Labute approximate surface area is 160 Å². The number of carbonyl (C=O) groups is 2. The van der Waals surface area contributed by atoms with Gasteiger partial charge in [0.15, 0.2) is 0 Å². The molecule has 1 aromatic rings. The second-order valence-corrected chi connectivity index (χ2v) is 8.21. The number of rotatable bonds is 5. The largest absolute Gasteiger partial charge is 0.354 e. The summed E-state index contributed by atoms with van der Waals surface area (Å²) in [6, 6.07) is 6.05. The van der Waals surface area contributed by atoms with Gasteiger partial charge in [-0.2, -0.15) is 0 Å². The molecule has 0 aliphatic carbocycles. The van der Waals surface area contributed by atoms with E-state index in [0.717, 1.165) is 61.3 Å². The molecule has 2 amide bonds. The van der Waals surface area contributed by atoms with Gasteiger partial charge in [0.2, 0.25) is 5.91 Å². The zero-order valence-corrected chi connectivity index (χ0v) is 16.5. The minimum atomic E-state index is -0.0340. The monoisotopic (exact) mass is 375 g/mol. The lowest BCUT2D eigenvalue weighted by Crippen LogP contribution is -2.46. The molecular weight excluding hydrogens is 346 g/mol. The van der Waals surface area contributed by atoms with Crippen LogP contribution in [-0.4, -0.2) is 55.2 Å². The van der Waals surface area contributed by atoms with Crippen LogP contribution in [0.2, 0.25) is 0 Å². The van der Waals surface area contributed by atoms with E-state index < -0.39 is 0 Å². The van der Waals surface area contributed by atoms with Crippen molar-refractivity contribution in [2.45, 2.75) is 43.5 Å². The normalized spacial score (nSPS) is 23.1. The highest BCUT2D eigenvalue weighted by molar-refractivity contribution is 7.98. The summed E-state index contributed by atoms with van der Waals surface area (Å²) in [5, 5.41) is 6.31. The summed E-state index contributed by atoms with van der Waals surface area (Å²) in [6.07, 6.45) is 6.07. The number of nitrogens with one attached hydrogen (secondary N) is 2. The maximum atomic E-state index is 13.0. The van der Waals surface area contributed by atoms with Gasteiger partial charge >= 0.3 is 0 Å². The second-order valence-electron chi connectivity index (χ2n) is 7.33. The van der Waals surface area contributed by atoms with Gasteiger partial charge in [0.05, 0.1) is 6.04 Å². The molecule has 2 unspecified atom stereocenters. The molecule has 6 heteroatoms. The van der Waals surface area contributed by atoms with Gasteiger partial charge in [0.25, 0.3) is 5.91 Å². The molecule has 0 radical (unpaired) electrons. The molecule has 2 saturated heterocycles. The van der Waals surface area contributed by atoms with E-state index in [0.29, 0.717) is 12.5 Å². The highest BCUT2D eigenvalue weighted by Crippen LogP contribution is 2.23. The van der Waals surface area contributed by atoms with Crippen LogP contribution >= 0.6 is 11.8 Å². The first-order valence-corrected chi connectivity index (χ1v) is 10.8. The van der Waals surface area contributed by atoms with Crippen molar-refractivity contribution in [2.24, 2.45) is 5.92 Å². The van der Waals surface area contributed by atoms with E-state index >= 15 is 0 Å². The Morgan fingerprint density at radius 1 is 1.31 bits per heavy atom. The molecule has 0 bridgehead atoms. The van der Waals surface area contributed by atoms with Gasteiger partial charge in [-0.25, -0.2) is 0 Å². The van der Waals surface area contributed by atoms with E-state index in [1.165, 1.54) is 0 Å². The van der Waals surface area contributed by atoms with E-state index in [1.807, 2.05) is 30.2 Å². The third-order valence-electron chi connectivity index (χ3n) is 5.42. The fraction of sp³-hybridized carbons (Fsp3) is 0.600. The lowest BCUT2D eigenvalue weighted by Gasteiger charge is -2.33. The van der Waals surface area contributed by atoms with Crippen molar-refractivity contribution in [3.05, 3.63) is 29.3 Å². The molecule has 26 heavy (non-hydrogen) atoms. The van der Waals surface area contributed by atoms with Gasteiger partial charge in [-0.3, -0.25) is 9.59 Å². The summed E-state index contributed by atoms with van der Waals surface area (Å²) in [6.45, 7) is 5.10. The van der Waals surface area contributed by atoms with E-state index in [4.69, 9.17) is 0 Å². The maximum Gasteiger partial charge on any atom is 0.254 e. The predicted molar refractivity (Wildman–Crippen MR) is 106 cm³/mol. The van der Waals surface area contributed by atoms with Crippen molar-refractivity contribution in [3.63, 3.8) is 0 Å². The van der Waals surface area contributed by atoms with Gasteiger partial charge in [0.1, 0.15) is 0 Å². The lowest BCUT2D eigenvalue weighted by molar-refractivity contribution is -0.123. The van der Waals surface area contributed by atoms with Crippen LogP contribution in [-0.2, 0) is 4.79 Å². The molecule has 2 aliphatic heterocycles. The standard InChI is InChI=1S/C20H29N3O2S/c1-14-7-8-16(26-2)11-17(14)20(25)23-10-4-5-15(13-23)12-22-19(24)18-6-3-9-21-18/h7-8,11,15,18,21H,3-6,9-10,12-13H2,1-2H3,(H,22,24). The van der Waals surface area contributed by atoms with E-state index in [2.05, 4.69) is 16.7 Å². The molecule has 1 aromatic carbocycles. The maximum absolute atomic E-state index is 13.0. The topological polar surface area (TPSA) is 61.4 Å². The van der Waals surface area contributed by atoms with Crippen LogP contribution in [0.4, 0.5) is 0 Å². The number of piperidine rings is 1. The summed E-state index contributed by atoms with van der Waals surface area (Å²) in [5.74, 6) is 0.559. The first-order valence-electron chi connectivity index (χ1n) is 9.53. The van der Waals surface area contributed by atoms with Gasteiger partial charge in [-0.05, 0) is 69.0 Å². The molecule has 3 rings (SSSR count). The van der Waals surface area contributed by atoms with Crippen LogP contribution in [0, 0.1) is 12.8 Å². The van der Waals surface area contributed by atoms with Crippen molar-refractivity contribution < 1.29 is 9.59 Å². The first-order chi connectivity index (χ1) is 12.6. The number of likely N-dealkylation sites (tertiary alicyclic amines) is 1. The number of benzene rings is 1. The molecule has 2 N–H and O–H groups in total. The van der Waals surface area contributed by atoms with Crippen molar-refractivity contribution >= 4 is 23.6 Å². The number of aryl methyl sites for hydroxylation is 1. The van der Waals surface area contributed by atoms with Gasteiger partial charge < -0.3 is 15.5 Å². The number of hydrogen-bond acceptors (Lipinski definition) is 4. The Bertz CT molecular complexity index is 658. The van der Waals surface area contributed by atoms with Gasteiger partial charge in [-0.15, -0.1) is 11.8 Å². The van der Waals surface area contributed by atoms with Crippen molar-refractivity contribution in [1.82, 2.24) is 15.5 Å². The minimum Gasteiger partial charge on any atom is -0.354 e. The molecule has 0 spiro atoms. The average Bonchev–Trinajstić information content (AvgIpc) is 3.21. The molecule has 2 heterocycles. The first kappa shape index (κ1) is 19.2. The Morgan fingerprint density at radius 2 is 2.15 bits per heavy atom. The number of hydrogen-bond donors (Lipinski definition) is 2. The highest BCUT2D eigenvalue weighted by Gasteiger charge is 2.27. The molecule has 142 valence electrons. The molecule has 5 nitrogen and oxygen atoms in total. The third-order valence-corrected chi connectivity index (χ3v) is 6.15. The van der Waals surface area contributed by atoms with Crippen LogP contribution in [0.1, 0.15) is 41.6 Å². The van der Waals surface area contributed by atoms with Gasteiger partial charge in [-0.1, -0.05) is 6.07 Å². The molecule has 0 aromatic heterocycles. The number of amides is 2. The fourth-order valence-corrected chi connectivity index (χ4v) is 4.26. The number of thioether (sulfide) groups is 1. The Balaban J connectivity index is 1.57. The number of carbonyl (C=O) groups excluding carboxylic acids is 2. The highest BCUT2D eigenvalue weighted by atomic mass is 32.2.